The van der Waals surface area contributed by atoms with Crippen LogP contribution in [0.1, 0.15) is 0 Å². The fourth-order valence-corrected chi connectivity index (χ4v) is 1.88. The van der Waals surface area contributed by atoms with Crippen molar-refractivity contribution in [1.29, 1.82) is 0 Å². The smallest absolute Gasteiger partial charge is 0.379 e. The first-order chi connectivity index (χ1) is 6.18. The minimum absolute atomic E-state index is 0.350. The summed E-state index contributed by atoms with van der Waals surface area (Å²) in [7, 11) is -4.52. The van der Waals surface area contributed by atoms with Gasteiger partial charge < -0.3 is 24.7 Å². The third-order valence-electron chi connectivity index (χ3n) is 1.33. The van der Waals surface area contributed by atoms with E-state index in [9.17, 15) is 14.6 Å². The van der Waals surface area contributed by atoms with Crippen molar-refractivity contribution in [2.45, 2.75) is 0 Å². The molecule has 0 fully saturated rings. The van der Waals surface area contributed by atoms with Crippen LogP contribution in [-0.2, 0) is 9.36 Å². The Balaban J connectivity index is 4.62. The number of rotatable bonds is 6. The molecule has 8 heteroatoms. The summed E-state index contributed by atoms with van der Waals surface area (Å²) in [6.45, 7) is 1.98. The second kappa shape index (κ2) is 4.68. The average molecular weight is 225 g/mol. The topological polar surface area (TPSA) is 118 Å². The Morgan fingerprint density at radius 1 is 1.57 bits per heavy atom. The Bertz CT molecular complexity index is 273. The second-order valence-corrected chi connectivity index (χ2v) is 4.50. The van der Waals surface area contributed by atoms with Crippen molar-refractivity contribution in [3.63, 3.8) is 0 Å². The van der Waals surface area contributed by atoms with Crippen LogP contribution in [0.3, 0.4) is 0 Å². The summed E-state index contributed by atoms with van der Waals surface area (Å²) in [6, 6.07) is 0. The maximum absolute atomic E-state index is 11.5. The molecule has 0 amide bonds. The Morgan fingerprint density at radius 2 is 2.07 bits per heavy atom. The molecule has 0 bridgehead atoms. The monoisotopic (exact) mass is 225 g/mol. The molecule has 7 nitrogen and oxygen atoms in total. The summed E-state index contributed by atoms with van der Waals surface area (Å²) in [5.74, 6) is -1.41. The molecule has 0 spiro atoms. The van der Waals surface area contributed by atoms with E-state index in [2.05, 4.69) is 6.58 Å². The maximum Gasteiger partial charge on any atom is 0.379 e. The molecule has 0 radical (unpaired) electrons. The lowest BCUT2D eigenvalue weighted by molar-refractivity contribution is -0.856. The number of carboxylic acids is 1. The molecule has 0 saturated heterocycles. The van der Waals surface area contributed by atoms with Crippen LogP contribution in [0.4, 0.5) is 0 Å². The highest BCUT2D eigenvalue weighted by atomic mass is 31.2. The van der Waals surface area contributed by atoms with E-state index in [0.717, 1.165) is 6.08 Å². The SMILES string of the molecule is C=CC[N+]([O-])(CC(=O)O)CP(=O)(O)O. The van der Waals surface area contributed by atoms with Gasteiger partial charge in [0, 0.05) is 0 Å². The first-order valence-electron chi connectivity index (χ1n) is 3.63. The van der Waals surface area contributed by atoms with E-state index >= 15 is 0 Å². The van der Waals surface area contributed by atoms with E-state index in [1.807, 2.05) is 0 Å². The lowest BCUT2D eigenvalue weighted by atomic mass is 10.5. The van der Waals surface area contributed by atoms with Gasteiger partial charge in [0.1, 0.15) is 0 Å². The molecule has 0 aromatic carbocycles. The van der Waals surface area contributed by atoms with Gasteiger partial charge in [0.15, 0.2) is 12.8 Å². The molecule has 82 valence electrons. The highest BCUT2D eigenvalue weighted by molar-refractivity contribution is 7.51. The number of carboxylic acid groups (broad SMARTS) is 1. The summed E-state index contributed by atoms with van der Waals surface area (Å²) < 4.78 is 9.06. The summed E-state index contributed by atoms with van der Waals surface area (Å²) in [5.41, 5.74) is 0. The van der Waals surface area contributed by atoms with Crippen LogP contribution in [0.25, 0.3) is 0 Å². The lowest BCUT2D eigenvalue weighted by Gasteiger charge is -2.39. The van der Waals surface area contributed by atoms with Crippen LogP contribution in [0.2, 0.25) is 0 Å². The predicted octanol–water partition coefficient (Wildman–Crippen LogP) is -0.293. The van der Waals surface area contributed by atoms with E-state index in [4.69, 9.17) is 14.9 Å². The van der Waals surface area contributed by atoms with Gasteiger partial charge in [0.2, 0.25) is 0 Å². The summed E-state index contributed by atoms with van der Waals surface area (Å²) in [6.07, 6.45) is 0.0803. The summed E-state index contributed by atoms with van der Waals surface area (Å²) in [4.78, 5) is 27.4. The number of nitrogens with zero attached hydrogens (tertiary/aromatic N) is 1. The summed E-state index contributed by atoms with van der Waals surface area (Å²) >= 11 is 0. The van der Waals surface area contributed by atoms with Gasteiger partial charge in [-0.1, -0.05) is 6.58 Å². The largest absolute Gasteiger partial charge is 0.632 e. The quantitative estimate of drug-likeness (QED) is 0.247. The van der Waals surface area contributed by atoms with E-state index in [-0.39, 0.29) is 6.54 Å². The molecule has 14 heavy (non-hydrogen) atoms. The van der Waals surface area contributed by atoms with Gasteiger partial charge in [-0.05, 0) is 6.08 Å². The average Bonchev–Trinajstić information content (AvgIpc) is 1.78. The molecular weight excluding hydrogens is 213 g/mol. The fourth-order valence-electron chi connectivity index (χ4n) is 0.990. The molecule has 0 aromatic rings. The van der Waals surface area contributed by atoms with Crippen molar-refractivity contribution >= 4 is 13.6 Å². The van der Waals surface area contributed by atoms with Gasteiger partial charge in [-0.15, -0.1) is 0 Å². The molecule has 0 aliphatic carbocycles. The summed E-state index contributed by atoms with van der Waals surface area (Å²) in [5, 5.41) is 19.9. The standard InChI is InChI=1S/C6H12NO6P/c1-2-3-7(10,4-6(8)9)5-14(11,12)13/h2H,1,3-5H2,(H,8,9)(H2,11,12,13). The molecule has 0 rings (SSSR count). The van der Waals surface area contributed by atoms with E-state index in [0.29, 0.717) is 0 Å². The van der Waals surface area contributed by atoms with Gasteiger partial charge in [0.25, 0.3) is 0 Å². The zero-order valence-electron chi connectivity index (χ0n) is 7.37. The zero-order valence-corrected chi connectivity index (χ0v) is 8.26. The number of quaternary nitrogens is 1. The lowest BCUT2D eigenvalue weighted by Crippen LogP contribution is -2.46. The first kappa shape index (κ1) is 13.3. The van der Waals surface area contributed by atoms with E-state index < -0.39 is 31.0 Å². The van der Waals surface area contributed by atoms with Crippen LogP contribution in [0, 0.1) is 5.21 Å². The van der Waals surface area contributed by atoms with Crippen LogP contribution >= 0.6 is 7.60 Å². The van der Waals surface area contributed by atoms with E-state index in [1.165, 1.54) is 0 Å². The van der Waals surface area contributed by atoms with Crippen molar-refractivity contribution in [2.24, 2.45) is 0 Å². The first-order valence-corrected chi connectivity index (χ1v) is 5.43. The molecule has 1 unspecified atom stereocenters. The maximum atomic E-state index is 11.5. The molecule has 0 aliphatic heterocycles. The third-order valence-corrected chi connectivity index (χ3v) is 2.21. The Hall–Kier alpha value is -0.720. The fraction of sp³-hybridized carbons (Fsp3) is 0.500. The number of hydrogen-bond acceptors (Lipinski definition) is 3. The Kier molecular flexibility index (Phi) is 4.44. The van der Waals surface area contributed by atoms with Gasteiger partial charge in [0.05, 0.1) is 6.54 Å². The van der Waals surface area contributed by atoms with Crippen molar-refractivity contribution < 1.29 is 28.9 Å². The Labute approximate surface area is 80.6 Å². The molecule has 0 saturated carbocycles. The minimum Gasteiger partial charge on any atom is -0.632 e. The van der Waals surface area contributed by atoms with Crippen LogP contribution in [-0.4, -0.2) is 44.9 Å². The van der Waals surface area contributed by atoms with Crippen LogP contribution < -0.4 is 0 Å². The van der Waals surface area contributed by atoms with Crippen molar-refractivity contribution in [2.75, 3.05) is 19.4 Å². The van der Waals surface area contributed by atoms with Gasteiger partial charge in [-0.3, -0.25) is 4.57 Å². The second-order valence-electron chi connectivity index (χ2n) is 2.89. The van der Waals surface area contributed by atoms with Gasteiger partial charge in [-0.2, -0.15) is 0 Å². The van der Waals surface area contributed by atoms with Gasteiger partial charge >= 0.3 is 13.6 Å². The number of hydroxylamine groups is 3. The normalized spacial score (nSPS) is 15.9. The molecule has 1 atom stereocenters. The van der Waals surface area contributed by atoms with Crippen molar-refractivity contribution in [1.82, 2.24) is 0 Å². The number of aliphatic carboxylic acids is 1. The van der Waals surface area contributed by atoms with Gasteiger partial charge in [-0.25, -0.2) is 4.79 Å². The van der Waals surface area contributed by atoms with Crippen LogP contribution in [0.15, 0.2) is 12.7 Å². The molecule has 3 N–H and O–H groups in total. The highest BCUT2D eigenvalue weighted by Crippen LogP contribution is 2.37. The molecular formula is C6H12NO6P. The third kappa shape index (κ3) is 5.85. The minimum atomic E-state index is -4.52. The predicted molar refractivity (Wildman–Crippen MR) is 48.1 cm³/mol. The number of carbonyl (C=O) groups is 1. The van der Waals surface area contributed by atoms with Crippen molar-refractivity contribution in [3.8, 4) is 0 Å². The Morgan fingerprint density at radius 3 is 2.36 bits per heavy atom. The van der Waals surface area contributed by atoms with Crippen molar-refractivity contribution in [3.05, 3.63) is 17.9 Å². The molecule has 0 aliphatic rings. The zero-order chi connectivity index (χ0) is 11.4. The molecule has 0 heterocycles. The number of hydrogen-bond donors (Lipinski definition) is 3. The highest BCUT2D eigenvalue weighted by Gasteiger charge is 2.29. The van der Waals surface area contributed by atoms with Crippen LogP contribution in [0.5, 0.6) is 0 Å². The molecule has 0 aromatic heterocycles. The van der Waals surface area contributed by atoms with E-state index in [1.54, 1.807) is 0 Å².